The zero-order chi connectivity index (χ0) is 12.1. The number of hydrogen-bond acceptors (Lipinski definition) is 2. The van der Waals surface area contributed by atoms with Gasteiger partial charge in [-0.25, -0.2) is 4.98 Å². The minimum atomic E-state index is 0.937. The van der Waals surface area contributed by atoms with Crippen LogP contribution in [-0.4, -0.2) is 16.1 Å². The molecule has 2 aromatic heterocycles. The van der Waals surface area contributed by atoms with Crippen molar-refractivity contribution in [3.8, 4) is 0 Å². The standard InChI is InChI=1S/C14H21N3/c1-3-7-15-10-12-11-17(9-4-2)14-13(12)6-5-8-16-14/h5-6,8,11,15H,3-4,7,9-10H2,1-2H3. The lowest BCUT2D eigenvalue weighted by Gasteiger charge is -2.00. The summed E-state index contributed by atoms with van der Waals surface area (Å²) in [4.78, 5) is 4.48. The van der Waals surface area contributed by atoms with Crippen molar-refractivity contribution < 1.29 is 0 Å². The molecule has 0 aliphatic heterocycles. The monoisotopic (exact) mass is 231 g/mol. The lowest BCUT2D eigenvalue weighted by molar-refractivity contribution is 0.665. The first-order valence-corrected chi connectivity index (χ1v) is 6.50. The number of pyridine rings is 1. The predicted molar refractivity (Wildman–Crippen MR) is 72.0 cm³/mol. The third-order valence-electron chi connectivity index (χ3n) is 2.92. The Morgan fingerprint density at radius 2 is 2.18 bits per heavy atom. The molecular weight excluding hydrogens is 210 g/mol. The molecule has 0 saturated heterocycles. The van der Waals surface area contributed by atoms with Crippen molar-refractivity contribution in [2.75, 3.05) is 6.54 Å². The Morgan fingerprint density at radius 3 is 2.94 bits per heavy atom. The molecule has 0 radical (unpaired) electrons. The van der Waals surface area contributed by atoms with Crippen molar-refractivity contribution in [3.05, 3.63) is 30.1 Å². The van der Waals surface area contributed by atoms with Gasteiger partial charge in [-0.2, -0.15) is 0 Å². The van der Waals surface area contributed by atoms with Gasteiger partial charge in [0, 0.05) is 30.9 Å². The molecule has 2 aromatic rings. The summed E-state index contributed by atoms with van der Waals surface area (Å²) in [5.74, 6) is 0. The van der Waals surface area contributed by atoms with Gasteiger partial charge in [0.05, 0.1) is 0 Å². The minimum absolute atomic E-state index is 0.937. The molecule has 0 spiro atoms. The molecule has 3 nitrogen and oxygen atoms in total. The average Bonchev–Trinajstić information content (AvgIpc) is 2.70. The van der Waals surface area contributed by atoms with Crippen LogP contribution in [0, 0.1) is 0 Å². The highest BCUT2D eigenvalue weighted by Crippen LogP contribution is 2.19. The smallest absolute Gasteiger partial charge is 0.140 e. The maximum Gasteiger partial charge on any atom is 0.140 e. The number of aryl methyl sites for hydroxylation is 1. The summed E-state index contributed by atoms with van der Waals surface area (Å²) in [6, 6.07) is 4.18. The zero-order valence-electron chi connectivity index (χ0n) is 10.7. The van der Waals surface area contributed by atoms with E-state index in [0.717, 1.165) is 31.7 Å². The van der Waals surface area contributed by atoms with Crippen molar-refractivity contribution >= 4 is 11.0 Å². The Kier molecular flexibility index (Phi) is 4.15. The second kappa shape index (κ2) is 5.82. The van der Waals surface area contributed by atoms with Crippen molar-refractivity contribution in [1.29, 1.82) is 0 Å². The van der Waals surface area contributed by atoms with E-state index < -0.39 is 0 Å². The Labute approximate surface area is 103 Å². The van der Waals surface area contributed by atoms with Gasteiger partial charge >= 0.3 is 0 Å². The zero-order valence-corrected chi connectivity index (χ0v) is 10.7. The van der Waals surface area contributed by atoms with Gasteiger partial charge in [-0.1, -0.05) is 13.8 Å². The first-order valence-electron chi connectivity index (χ1n) is 6.50. The SMILES string of the molecule is CCCNCc1cn(CCC)c2ncccc12. The van der Waals surface area contributed by atoms with Gasteiger partial charge in [0.2, 0.25) is 0 Å². The van der Waals surface area contributed by atoms with E-state index in [-0.39, 0.29) is 0 Å². The van der Waals surface area contributed by atoms with Crippen molar-refractivity contribution in [1.82, 2.24) is 14.9 Å². The fourth-order valence-electron chi connectivity index (χ4n) is 2.15. The first kappa shape index (κ1) is 12.1. The van der Waals surface area contributed by atoms with E-state index in [2.05, 4.69) is 41.0 Å². The molecule has 0 aliphatic carbocycles. The molecule has 0 bridgehead atoms. The van der Waals surface area contributed by atoms with Gasteiger partial charge in [0.1, 0.15) is 5.65 Å². The van der Waals surface area contributed by atoms with Crippen LogP contribution in [-0.2, 0) is 13.1 Å². The number of hydrogen-bond donors (Lipinski definition) is 1. The number of aromatic nitrogens is 2. The van der Waals surface area contributed by atoms with E-state index >= 15 is 0 Å². The van der Waals surface area contributed by atoms with Gasteiger partial charge < -0.3 is 9.88 Å². The van der Waals surface area contributed by atoms with Crippen LogP contribution in [0.3, 0.4) is 0 Å². The van der Waals surface area contributed by atoms with Crippen LogP contribution in [0.25, 0.3) is 11.0 Å². The quantitative estimate of drug-likeness (QED) is 0.775. The molecule has 0 amide bonds. The molecule has 1 N–H and O–H groups in total. The van der Waals surface area contributed by atoms with Gasteiger partial charge in [-0.3, -0.25) is 0 Å². The lowest BCUT2D eigenvalue weighted by atomic mass is 10.2. The Balaban J connectivity index is 2.28. The minimum Gasteiger partial charge on any atom is -0.332 e. The van der Waals surface area contributed by atoms with Crippen molar-refractivity contribution in [3.63, 3.8) is 0 Å². The highest BCUT2D eigenvalue weighted by Gasteiger charge is 2.07. The molecule has 92 valence electrons. The summed E-state index contributed by atoms with van der Waals surface area (Å²) in [7, 11) is 0. The van der Waals surface area contributed by atoms with Crippen LogP contribution in [0.4, 0.5) is 0 Å². The predicted octanol–water partition coefficient (Wildman–Crippen LogP) is 2.95. The van der Waals surface area contributed by atoms with Gasteiger partial charge in [-0.05, 0) is 37.1 Å². The van der Waals surface area contributed by atoms with Crippen LogP contribution in [0.15, 0.2) is 24.5 Å². The lowest BCUT2D eigenvalue weighted by Crippen LogP contribution is -2.13. The molecule has 17 heavy (non-hydrogen) atoms. The fraction of sp³-hybridized carbons (Fsp3) is 0.500. The number of nitrogens with one attached hydrogen (secondary N) is 1. The molecule has 0 fully saturated rings. The molecule has 0 saturated carbocycles. The van der Waals surface area contributed by atoms with E-state index in [4.69, 9.17) is 0 Å². The summed E-state index contributed by atoms with van der Waals surface area (Å²) in [6.07, 6.45) is 6.43. The summed E-state index contributed by atoms with van der Waals surface area (Å²) >= 11 is 0. The molecular formula is C14H21N3. The summed E-state index contributed by atoms with van der Waals surface area (Å²) in [5.41, 5.74) is 2.47. The second-order valence-corrected chi connectivity index (χ2v) is 4.40. The molecule has 2 heterocycles. The van der Waals surface area contributed by atoms with E-state index in [1.165, 1.54) is 17.4 Å². The van der Waals surface area contributed by atoms with Crippen LogP contribution >= 0.6 is 0 Å². The van der Waals surface area contributed by atoms with Gasteiger partial charge in [0.15, 0.2) is 0 Å². The van der Waals surface area contributed by atoms with E-state index in [1.54, 1.807) is 0 Å². The summed E-state index contributed by atoms with van der Waals surface area (Å²) in [5, 5.41) is 4.74. The second-order valence-electron chi connectivity index (χ2n) is 4.40. The maximum atomic E-state index is 4.48. The average molecular weight is 231 g/mol. The third-order valence-corrected chi connectivity index (χ3v) is 2.92. The van der Waals surface area contributed by atoms with Gasteiger partial charge in [0.25, 0.3) is 0 Å². The van der Waals surface area contributed by atoms with E-state index in [0.29, 0.717) is 0 Å². The van der Waals surface area contributed by atoms with Crippen LogP contribution in [0.2, 0.25) is 0 Å². The number of rotatable bonds is 6. The fourth-order valence-corrected chi connectivity index (χ4v) is 2.15. The normalized spacial score (nSPS) is 11.2. The van der Waals surface area contributed by atoms with Crippen molar-refractivity contribution in [2.24, 2.45) is 0 Å². The molecule has 0 atom stereocenters. The van der Waals surface area contributed by atoms with Crippen molar-refractivity contribution in [2.45, 2.75) is 39.8 Å². The molecule has 0 unspecified atom stereocenters. The Bertz CT molecular complexity index is 473. The summed E-state index contributed by atoms with van der Waals surface area (Å²) < 4.78 is 2.26. The molecule has 2 rings (SSSR count). The number of fused-ring (bicyclic) bond motifs is 1. The summed E-state index contributed by atoms with van der Waals surface area (Å²) in [6.45, 7) is 7.44. The highest BCUT2D eigenvalue weighted by molar-refractivity contribution is 5.80. The first-order chi connectivity index (χ1) is 8.36. The Hall–Kier alpha value is -1.35. The van der Waals surface area contributed by atoms with Crippen LogP contribution < -0.4 is 5.32 Å². The largest absolute Gasteiger partial charge is 0.332 e. The topological polar surface area (TPSA) is 29.9 Å². The van der Waals surface area contributed by atoms with Crippen LogP contribution in [0.1, 0.15) is 32.3 Å². The van der Waals surface area contributed by atoms with E-state index in [9.17, 15) is 0 Å². The third kappa shape index (κ3) is 2.67. The molecule has 3 heteroatoms. The maximum absolute atomic E-state index is 4.48. The molecule has 0 aliphatic rings. The van der Waals surface area contributed by atoms with E-state index in [1.807, 2.05) is 12.3 Å². The molecule has 0 aromatic carbocycles. The van der Waals surface area contributed by atoms with Gasteiger partial charge in [-0.15, -0.1) is 0 Å². The van der Waals surface area contributed by atoms with Crippen LogP contribution in [0.5, 0.6) is 0 Å². The Morgan fingerprint density at radius 1 is 1.29 bits per heavy atom. The highest BCUT2D eigenvalue weighted by atomic mass is 15.0. The number of nitrogens with zero attached hydrogens (tertiary/aromatic N) is 2.